The van der Waals surface area contributed by atoms with E-state index in [0.717, 1.165) is 67.2 Å². The number of nitrogens with zero attached hydrogens (tertiary/aromatic N) is 5. The molecule has 0 saturated heterocycles. The van der Waals surface area contributed by atoms with Crippen molar-refractivity contribution in [1.29, 1.82) is 0 Å². The third kappa shape index (κ3) is 6.44. The van der Waals surface area contributed by atoms with Crippen molar-refractivity contribution in [2.75, 3.05) is 0 Å². The van der Waals surface area contributed by atoms with E-state index in [1.807, 2.05) is 0 Å². The second-order valence-corrected chi connectivity index (χ2v) is 24.3. The smallest absolute Gasteiger partial charge is 0.160 e. The quantitative estimate of drug-likeness (QED) is 0.150. The van der Waals surface area contributed by atoms with Crippen molar-refractivity contribution in [3.8, 4) is 51.0 Å². The van der Waals surface area contributed by atoms with Crippen LogP contribution in [-0.4, -0.2) is 31.7 Å². The topological polar surface area (TPSA) is 40.6 Å². The van der Waals surface area contributed by atoms with Crippen LogP contribution in [0.5, 0.6) is 0 Å². The molecular weight excluding hydrogens is 843 g/mol. The van der Waals surface area contributed by atoms with Crippen LogP contribution in [0.1, 0.15) is 5.56 Å². The zero-order valence-electron chi connectivity index (χ0n) is 38.4. The zero-order valence-corrected chi connectivity index (χ0v) is 39.4. The molecule has 68 heavy (non-hydrogen) atoms. The predicted octanol–water partition coefficient (Wildman–Crippen LogP) is 15.6. The summed E-state index contributed by atoms with van der Waals surface area (Å²) >= 11 is 0. The molecule has 9 aromatic carbocycles. The van der Waals surface area contributed by atoms with E-state index in [-0.39, 0.29) is 0 Å². The summed E-state index contributed by atoms with van der Waals surface area (Å²) in [5.74, 6) is 0.716. The Hall–Kier alpha value is -8.32. The largest absolute Gasteiger partial charge is 0.309 e. The summed E-state index contributed by atoms with van der Waals surface area (Å²) in [7, 11) is -1.69. The SMILES string of the molecule is Cc1cc(-c2nc(-c3ccc(-n4c5ccccc5c5ccccc54)cc3)cc(-c3cc(-n4c5ccccc5c5ccccc54)cc(-n4c5ccccc5c5ccccc54)c3)n2)cc([Si](C)(C)C)c1. The normalized spacial score (nSPS) is 12.1. The van der Waals surface area contributed by atoms with Crippen molar-refractivity contribution in [1.82, 2.24) is 23.7 Å². The third-order valence-electron chi connectivity index (χ3n) is 13.8. The fraction of sp³-hybridized carbons (Fsp3) is 0.0645. The van der Waals surface area contributed by atoms with Gasteiger partial charge in [0.2, 0.25) is 0 Å². The molecule has 0 unspecified atom stereocenters. The van der Waals surface area contributed by atoms with Gasteiger partial charge in [-0.05, 0) is 85.8 Å². The summed E-state index contributed by atoms with van der Waals surface area (Å²) in [4.78, 5) is 11.0. The first-order valence-electron chi connectivity index (χ1n) is 23.5. The van der Waals surface area contributed by atoms with Crippen molar-refractivity contribution in [3.05, 3.63) is 218 Å². The number of para-hydroxylation sites is 6. The van der Waals surface area contributed by atoms with Crippen LogP contribution < -0.4 is 5.19 Å². The van der Waals surface area contributed by atoms with E-state index in [4.69, 9.17) is 9.97 Å². The molecule has 0 fully saturated rings. The number of rotatable bonds is 7. The Morgan fingerprint density at radius 3 is 1.09 bits per heavy atom. The molecule has 0 amide bonds. The molecule has 0 aliphatic carbocycles. The summed E-state index contributed by atoms with van der Waals surface area (Å²) in [5, 5.41) is 8.77. The van der Waals surface area contributed by atoms with Gasteiger partial charge in [-0.25, -0.2) is 9.97 Å². The highest BCUT2D eigenvalue weighted by molar-refractivity contribution is 6.88. The summed E-state index contributed by atoms with van der Waals surface area (Å²) in [6.07, 6.45) is 0. The highest BCUT2D eigenvalue weighted by atomic mass is 28.3. The highest BCUT2D eigenvalue weighted by Crippen LogP contribution is 2.39. The van der Waals surface area contributed by atoms with Crippen LogP contribution in [0.4, 0.5) is 0 Å². The Balaban J connectivity index is 1.07. The van der Waals surface area contributed by atoms with Crippen molar-refractivity contribution in [2.45, 2.75) is 26.6 Å². The van der Waals surface area contributed by atoms with E-state index in [0.29, 0.717) is 5.82 Å². The standard InChI is InChI=1S/C62H47N5Si/c1-40-33-43(37-47(34-40)68(2,3)4)62-63-54(41-29-31-44(32-30-41)65-56-23-11-5-17-48(56)49-18-6-12-24-57(49)65)39-55(64-62)42-35-45(66-58-25-13-7-19-50(58)51-20-8-14-26-59(51)66)38-46(36-42)67-60-27-15-9-21-52(60)53-22-10-16-28-61(53)67/h5-39H,1-4H3. The molecule has 0 N–H and O–H groups in total. The van der Waals surface area contributed by atoms with Crippen molar-refractivity contribution in [3.63, 3.8) is 0 Å². The third-order valence-corrected chi connectivity index (χ3v) is 15.8. The van der Waals surface area contributed by atoms with Crippen LogP contribution in [0.2, 0.25) is 19.6 Å². The maximum atomic E-state index is 5.57. The summed E-state index contributed by atoms with van der Waals surface area (Å²) in [5.41, 5.74) is 16.2. The molecule has 4 aromatic heterocycles. The first-order chi connectivity index (χ1) is 33.2. The van der Waals surface area contributed by atoms with Gasteiger partial charge in [-0.3, -0.25) is 0 Å². The van der Waals surface area contributed by atoms with Gasteiger partial charge in [0.1, 0.15) is 0 Å². The van der Waals surface area contributed by atoms with E-state index in [1.165, 1.54) is 54.1 Å². The van der Waals surface area contributed by atoms with Crippen molar-refractivity contribution < 1.29 is 0 Å². The van der Waals surface area contributed by atoms with Crippen molar-refractivity contribution >= 4 is 78.7 Å². The van der Waals surface area contributed by atoms with Gasteiger partial charge in [0, 0.05) is 66.1 Å². The van der Waals surface area contributed by atoms with Gasteiger partial charge >= 0.3 is 0 Å². The first-order valence-corrected chi connectivity index (χ1v) is 27.0. The Bertz CT molecular complexity index is 3850. The molecule has 6 heteroatoms. The van der Waals surface area contributed by atoms with Crippen LogP contribution in [0.25, 0.3) is 116 Å². The first kappa shape index (κ1) is 40.0. The second-order valence-electron chi connectivity index (χ2n) is 19.2. The average Bonchev–Trinajstić information content (AvgIpc) is 4.02. The van der Waals surface area contributed by atoms with E-state index in [9.17, 15) is 0 Å². The molecule has 13 aromatic rings. The van der Waals surface area contributed by atoms with Crippen LogP contribution >= 0.6 is 0 Å². The lowest BCUT2D eigenvalue weighted by atomic mass is 10.0. The molecule has 0 radical (unpaired) electrons. The fourth-order valence-electron chi connectivity index (χ4n) is 10.6. The van der Waals surface area contributed by atoms with E-state index in [2.05, 4.69) is 253 Å². The number of fused-ring (bicyclic) bond motifs is 9. The maximum Gasteiger partial charge on any atom is 0.160 e. The van der Waals surface area contributed by atoms with Gasteiger partial charge in [0.15, 0.2) is 5.82 Å². The molecule has 0 atom stereocenters. The molecule has 0 aliphatic rings. The predicted molar refractivity (Wildman–Crippen MR) is 289 cm³/mol. The Morgan fingerprint density at radius 2 is 0.691 bits per heavy atom. The molecule has 324 valence electrons. The van der Waals surface area contributed by atoms with Gasteiger partial charge in [-0.1, -0.05) is 164 Å². The Morgan fingerprint density at radius 1 is 0.324 bits per heavy atom. The molecule has 0 aliphatic heterocycles. The molecule has 4 heterocycles. The highest BCUT2D eigenvalue weighted by Gasteiger charge is 2.22. The average molecular weight is 890 g/mol. The minimum Gasteiger partial charge on any atom is -0.309 e. The van der Waals surface area contributed by atoms with Gasteiger partial charge in [0.25, 0.3) is 0 Å². The lowest BCUT2D eigenvalue weighted by Gasteiger charge is -2.19. The van der Waals surface area contributed by atoms with Gasteiger partial charge in [-0.15, -0.1) is 0 Å². The molecule has 13 rings (SSSR count). The van der Waals surface area contributed by atoms with E-state index >= 15 is 0 Å². The number of aryl methyl sites for hydroxylation is 1. The summed E-state index contributed by atoms with van der Waals surface area (Å²) < 4.78 is 7.21. The minimum atomic E-state index is -1.69. The summed E-state index contributed by atoms with van der Waals surface area (Å²) in [6.45, 7) is 9.41. The maximum absolute atomic E-state index is 5.57. The van der Waals surface area contributed by atoms with Crippen molar-refractivity contribution in [2.24, 2.45) is 0 Å². The Kier molecular flexibility index (Phi) is 9.04. The van der Waals surface area contributed by atoms with Gasteiger partial charge in [-0.2, -0.15) is 0 Å². The molecule has 0 spiro atoms. The van der Waals surface area contributed by atoms with Crippen LogP contribution in [0.15, 0.2) is 212 Å². The minimum absolute atomic E-state index is 0.716. The molecule has 5 nitrogen and oxygen atoms in total. The number of benzene rings is 9. The van der Waals surface area contributed by atoms with E-state index < -0.39 is 8.07 Å². The van der Waals surface area contributed by atoms with Crippen LogP contribution in [0, 0.1) is 6.92 Å². The lowest BCUT2D eigenvalue weighted by molar-refractivity contribution is 1.13. The zero-order chi connectivity index (χ0) is 45.7. The Labute approximate surface area is 395 Å². The van der Waals surface area contributed by atoms with Crippen LogP contribution in [-0.2, 0) is 0 Å². The number of hydrogen-bond acceptors (Lipinski definition) is 2. The number of aromatic nitrogens is 5. The molecule has 0 saturated carbocycles. The lowest BCUT2D eigenvalue weighted by Crippen LogP contribution is -2.37. The van der Waals surface area contributed by atoms with Crippen LogP contribution in [0.3, 0.4) is 0 Å². The second kappa shape index (κ2) is 15.4. The fourth-order valence-corrected chi connectivity index (χ4v) is 11.9. The van der Waals surface area contributed by atoms with Gasteiger partial charge in [0.05, 0.1) is 52.6 Å². The molecule has 0 bridgehead atoms. The molecular formula is C62H47N5Si. The monoisotopic (exact) mass is 889 g/mol. The van der Waals surface area contributed by atoms with E-state index in [1.54, 1.807) is 0 Å². The summed E-state index contributed by atoms with van der Waals surface area (Å²) in [6, 6.07) is 77.3. The van der Waals surface area contributed by atoms with Gasteiger partial charge < -0.3 is 13.7 Å². The number of hydrogen-bond donors (Lipinski definition) is 0.